The first kappa shape index (κ1) is 30.6. The van der Waals surface area contributed by atoms with Gasteiger partial charge in [-0.3, -0.25) is 4.79 Å². The van der Waals surface area contributed by atoms with Crippen molar-refractivity contribution in [2.75, 3.05) is 50.1 Å². The maximum atomic E-state index is 17.3. The molecule has 3 fully saturated rings. The van der Waals surface area contributed by atoms with Gasteiger partial charge in [-0.25, -0.2) is 12.3 Å². The largest absolute Gasteiger partial charge is 0.349 e. The molecule has 2 aliphatic heterocycles. The Morgan fingerprint density at radius 2 is 1.84 bits per heavy atom. The van der Waals surface area contributed by atoms with Crippen LogP contribution in [0.5, 0.6) is 0 Å². The van der Waals surface area contributed by atoms with Gasteiger partial charge in [-0.05, 0) is 71.5 Å². The first-order valence-corrected chi connectivity index (χ1v) is 16.8. The van der Waals surface area contributed by atoms with Crippen molar-refractivity contribution in [3.05, 3.63) is 53.0 Å². The lowest BCUT2D eigenvalue weighted by atomic mass is 9.93. The zero-order valence-corrected chi connectivity index (χ0v) is 29.1. The molecule has 0 bridgehead atoms. The highest BCUT2D eigenvalue weighted by Crippen LogP contribution is 2.49. The van der Waals surface area contributed by atoms with Crippen LogP contribution in [-0.4, -0.2) is 92.1 Å². The molecule has 0 unspecified atom stereocenters. The molecule has 9 nitrogen and oxygen atoms in total. The number of likely N-dealkylation sites (N-methyl/N-ethyl adjacent to an activating group) is 1. The highest BCUT2D eigenvalue weighted by Gasteiger charge is 2.37. The average Bonchev–Trinajstić information content (AvgIpc) is 3.76. The number of fused-ring (bicyclic) bond motifs is 2. The van der Waals surface area contributed by atoms with E-state index in [-0.39, 0.29) is 23.5 Å². The van der Waals surface area contributed by atoms with Gasteiger partial charge in [-0.2, -0.15) is 10.1 Å². The zero-order chi connectivity index (χ0) is 31.9. The Labute approximate surface area is 281 Å². The predicted molar refractivity (Wildman–Crippen MR) is 187 cm³/mol. The van der Waals surface area contributed by atoms with Gasteiger partial charge in [-0.1, -0.05) is 24.2 Å². The molecule has 45 heavy (non-hydrogen) atoms. The Kier molecular flexibility index (Phi) is 7.72. The van der Waals surface area contributed by atoms with Gasteiger partial charge in [0.25, 0.3) is 0 Å². The summed E-state index contributed by atoms with van der Waals surface area (Å²) in [6.45, 7) is 12.3. The second kappa shape index (κ2) is 11.3. The van der Waals surface area contributed by atoms with Gasteiger partial charge in [-0.15, -0.1) is 0 Å². The number of rotatable bonds is 6. The molecule has 2 aromatic carbocycles. The Hall–Kier alpha value is -3.03. The molecule has 7 rings (SSSR count). The van der Waals surface area contributed by atoms with E-state index >= 15 is 4.39 Å². The number of amides is 1. The van der Waals surface area contributed by atoms with E-state index in [1.54, 1.807) is 0 Å². The van der Waals surface area contributed by atoms with E-state index in [9.17, 15) is 4.79 Å². The minimum Gasteiger partial charge on any atom is -0.349 e. The lowest BCUT2D eigenvalue weighted by Gasteiger charge is -2.45. The van der Waals surface area contributed by atoms with Crippen LogP contribution in [0.15, 0.2) is 30.9 Å². The highest BCUT2D eigenvalue weighted by atomic mass is 127. The summed E-state index contributed by atoms with van der Waals surface area (Å²) in [6.07, 6.45) is 3.52. The SMILES string of the molecule is C=CC(=O)N1C[C@H](C)N(c2nc(N3CC(N(C)C)C3)nc3c(F)c(-c4c(C)ccc5c4c(C4CC4)nn5I)c(Cl)cc23)C[C@H]1C. The first-order valence-electron chi connectivity index (χ1n) is 15.5. The molecule has 1 aliphatic carbocycles. The zero-order valence-electron chi connectivity index (χ0n) is 26.2. The summed E-state index contributed by atoms with van der Waals surface area (Å²) in [6, 6.07) is 6.10. The second-order valence-corrected chi connectivity index (χ2v) is 14.4. The van der Waals surface area contributed by atoms with Crippen LogP contribution in [0.4, 0.5) is 16.2 Å². The van der Waals surface area contributed by atoms with E-state index in [1.165, 1.54) is 6.08 Å². The molecule has 4 heterocycles. The number of nitrogens with zero attached hydrogens (tertiary/aromatic N) is 8. The van der Waals surface area contributed by atoms with Gasteiger partial charge in [0.15, 0.2) is 5.82 Å². The molecule has 0 radical (unpaired) electrons. The molecule has 1 amide bonds. The van der Waals surface area contributed by atoms with Gasteiger partial charge >= 0.3 is 0 Å². The van der Waals surface area contributed by atoms with Gasteiger partial charge in [0.2, 0.25) is 11.9 Å². The number of aryl methyl sites for hydroxylation is 1. The maximum absolute atomic E-state index is 17.3. The van der Waals surface area contributed by atoms with Crippen LogP contribution < -0.4 is 9.80 Å². The number of piperazine rings is 1. The smallest absolute Gasteiger partial charge is 0.246 e. The van der Waals surface area contributed by atoms with Crippen LogP contribution in [0.1, 0.15) is 43.9 Å². The van der Waals surface area contributed by atoms with E-state index in [0.29, 0.717) is 52.8 Å². The number of carbonyl (C=O) groups excluding carboxylic acids is 1. The van der Waals surface area contributed by atoms with Crippen molar-refractivity contribution < 1.29 is 9.18 Å². The second-order valence-electron chi connectivity index (χ2n) is 13.0. The first-order chi connectivity index (χ1) is 21.5. The third-order valence-electron chi connectivity index (χ3n) is 9.70. The van der Waals surface area contributed by atoms with Crippen molar-refractivity contribution in [3.8, 4) is 11.1 Å². The molecule has 0 N–H and O–H groups in total. The predicted octanol–water partition coefficient (Wildman–Crippen LogP) is 6.18. The van der Waals surface area contributed by atoms with Gasteiger partial charge in [0, 0.05) is 72.1 Å². The van der Waals surface area contributed by atoms with Gasteiger partial charge in [0.1, 0.15) is 11.3 Å². The number of anilines is 2. The Bertz CT molecular complexity index is 1870. The van der Waals surface area contributed by atoms with E-state index in [0.717, 1.165) is 53.7 Å². The number of aromatic nitrogens is 4. The highest BCUT2D eigenvalue weighted by molar-refractivity contribution is 14.1. The summed E-state index contributed by atoms with van der Waals surface area (Å²) in [7, 11) is 4.12. The fraction of sp³-hybridized carbons (Fsp3) is 0.455. The standard InChI is InChI=1S/C33H37ClFIN8O/c1-7-25(45)42-13-19(4)43(14-18(42)3)32-22-12-23(34)27(29(35)31(22)37-33(38-32)41-15-21(16-41)40(5)6)26-17(2)8-11-24-28(26)30(20-9-10-20)39-44(24)36/h7-8,11-12,18-21H,1,9-10,13-16H2,2-6H3/t18-,19+/m1/s1. The molecule has 236 valence electrons. The lowest BCUT2D eigenvalue weighted by Crippen LogP contribution is -2.59. The van der Waals surface area contributed by atoms with Gasteiger partial charge in [0.05, 0.1) is 39.1 Å². The third kappa shape index (κ3) is 5.05. The summed E-state index contributed by atoms with van der Waals surface area (Å²) in [5.74, 6) is 0.960. The average molecular weight is 743 g/mol. The molecule has 4 aromatic rings. The van der Waals surface area contributed by atoms with Crippen molar-refractivity contribution in [3.63, 3.8) is 0 Å². The Morgan fingerprint density at radius 1 is 1.11 bits per heavy atom. The number of hydrogen-bond donors (Lipinski definition) is 0. The van der Waals surface area contributed by atoms with Crippen molar-refractivity contribution in [2.45, 2.75) is 57.7 Å². The van der Waals surface area contributed by atoms with Gasteiger partial charge < -0.3 is 19.6 Å². The Balaban J connectivity index is 1.43. The molecule has 2 atom stereocenters. The van der Waals surface area contributed by atoms with Crippen LogP contribution in [0.2, 0.25) is 5.02 Å². The number of hydrogen-bond acceptors (Lipinski definition) is 7. The molecule has 2 aromatic heterocycles. The molecule has 2 saturated heterocycles. The molecule has 3 aliphatic rings. The van der Waals surface area contributed by atoms with Crippen LogP contribution in [0.3, 0.4) is 0 Å². The summed E-state index contributed by atoms with van der Waals surface area (Å²) in [4.78, 5) is 30.8. The molecule has 0 spiro atoms. The van der Waals surface area contributed by atoms with Crippen molar-refractivity contribution >= 4 is 73.9 Å². The molecular formula is C33H37ClFIN8O. The number of halogens is 3. The molecule has 12 heteroatoms. The maximum Gasteiger partial charge on any atom is 0.246 e. The number of carbonyl (C=O) groups is 1. The van der Waals surface area contributed by atoms with Crippen molar-refractivity contribution in [2.24, 2.45) is 0 Å². The summed E-state index contributed by atoms with van der Waals surface area (Å²) >= 11 is 9.30. The summed E-state index contributed by atoms with van der Waals surface area (Å²) < 4.78 is 19.1. The third-order valence-corrected chi connectivity index (χ3v) is 10.7. The minimum absolute atomic E-state index is 0.0740. The topological polar surface area (TPSA) is 73.6 Å². The number of benzene rings is 2. The fourth-order valence-electron chi connectivity index (χ4n) is 6.82. The van der Waals surface area contributed by atoms with Crippen LogP contribution >= 0.6 is 34.5 Å². The van der Waals surface area contributed by atoms with Crippen LogP contribution in [-0.2, 0) is 4.79 Å². The summed E-state index contributed by atoms with van der Waals surface area (Å²) in [5.41, 5.74) is 4.26. The van der Waals surface area contributed by atoms with Crippen molar-refractivity contribution in [1.82, 2.24) is 27.8 Å². The van der Waals surface area contributed by atoms with Crippen LogP contribution in [0.25, 0.3) is 32.9 Å². The molecular weight excluding hydrogens is 706 g/mol. The van der Waals surface area contributed by atoms with E-state index < -0.39 is 5.82 Å². The van der Waals surface area contributed by atoms with E-state index in [4.69, 9.17) is 26.7 Å². The summed E-state index contributed by atoms with van der Waals surface area (Å²) in [5, 5.41) is 6.69. The normalized spacial score (nSPS) is 20.9. The van der Waals surface area contributed by atoms with E-state index in [1.807, 2.05) is 33.8 Å². The fourth-order valence-corrected chi connectivity index (χ4v) is 7.74. The Morgan fingerprint density at radius 3 is 2.51 bits per heavy atom. The minimum atomic E-state index is -0.452. The monoisotopic (exact) mass is 742 g/mol. The van der Waals surface area contributed by atoms with E-state index in [2.05, 4.69) is 71.2 Å². The van der Waals surface area contributed by atoms with Crippen molar-refractivity contribution in [1.29, 1.82) is 0 Å². The molecule has 1 saturated carbocycles. The quantitative estimate of drug-likeness (QED) is 0.173. The van der Waals surface area contributed by atoms with Crippen LogP contribution in [0, 0.1) is 12.7 Å². The lowest BCUT2D eigenvalue weighted by molar-refractivity contribution is -0.128.